The normalized spacial score (nSPS) is 11.8. The second kappa shape index (κ2) is 7.82. The van der Waals surface area contributed by atoms with Gasteiger partial charge < -0.3 is 10.1 Å². The number of rotatable bonds is 6. The molecule has 1 atom stereocenters. The van der Waals surface area contributed by atoms with E-state index >= 15 is 0 Å². The lowest BCUT2D eigenvalue weighted by Crippen LogP contribution is -2.32. The van der Waals surface area contributed by atoms with Crippen LogP contribution in [0.5, 0.6) is 5.75 Å². The van der Waals surface area contributed by atoms with Crippen LogP contribution in [0, 0.1) is 20.8 Å². The van der Waals surface area contributed by atoms with E-state index in [-0.39, 0.29) is 18.6 Å². The van der Waals surface area contributed by atoms with Crippen LogP contribution in [-0.2, 0) is 4.79 Å². The van der Waals surface area contributed by atoms with E-state index < -0.39 is 0 Å². The largest absolute Gasteiger partial charge is 0.484 e. The van der Waals surface area contributed by atoms with Gasteiger partial charge in [-0.1, -0.05) is 48.9 Å². The van der Waals surface area contributed by atoms with Gasteiger partial charge in [0.05, 0.1) is 6.04 Å². The molecule has 0 radical (unpaired) electrons. The average molecular weight is 311 g/mol. The fourth-order valence-electron chi connectivity index (χ4n) is 2.71. The first-order valence-electron chi connectivity index (χ1n) is 8.06. The number of aryl methyl sites for hydroxylation is 3. The number of carbonyl (C=O) groups excluding carboxylic acids is 1. The minimum atomic E-state index is -0.0971. The molecule has 3 heteroatoms. The van der Waals surface area contributed by atoms with Gasteiger partial charge in [0.25, 0.3) is 5.91 Å². The Morgan fingerprint density at radius 3 is 2.48 bits per heavy atom. The number of ether oxygens (including phenoxy) is 1. The number of nitrogens with one attached hydrogen (secondary N) is 1. The summed E-state index contributed by atoms with van der Waals surface area (Å²) in [5.74, 6) is 0.655. The Labute approximate surface area is 138 Å². The molecule has 0 bridgehead atoms. The summed E-state index contributed by atoms with van der Waals surface area (Å²) in [5, 5.41) is 3.07. The number of hydrogen-bond donors (Lipinski definition) is 1. The third-order valence-electron chi connectivity index (χ3n) is 4.00. The molecule has 0 saturated heterocycles. The van der Waals surface area contributed by atoms with E-state index in [9.17, 15) is 4.79 Å². The molecule has 2 aromatic carbocycles. The molecule has 0 unspecified atom stereocenters. The van der Waals surface area contributed by atoms with Crippen molar-refractivity contribution in [1.82, 2.24) is 5.32 Å². The zero-order chi connectivity index (χ0) is 16.8. The summed E-state index contributed by atoms with van der Waals surface area (Å²) in [5.41, 5.74) is 4.64. The highest BCUT2D eigenvalue weighted by Gasteiger charge is 2.15. The van der Waals surface area contributed by atoms with Gasteiger partial charge in [-0.15, -0.1) is 0 Å². The maximum Gasteiger partial charge on any atom is 0.258 e. The first-order chi connectivity index (χ1) is 11.0. The quantitative estimate of drug-likeness (QED) is 0.865. The fourth-order valence-corrected chi connectivity index (χ4v) is 2.71. The van der Waals surface area contributed by atoms with Gasteiger partial charge in [0, 0.05) is 0 Å². The SMILES string of the molecule is CC[C@H](NC(=O)COc1ccccc1C)c1ccc(C)cc1C. The van der Waals surface area contributed by atoms with E-state index in [4.69, 9.17) is 4.74 Å². The topological polar surface area (TPSA) is 38.3 Å². The van der Waals surface area contributed by atoms with Crippen molar-refractivity contribution < 1.29 is 9.53 Å². The molecule has 2 aromatic rings. The molecule has 23 heavy (non-hydrogen) atoms. The number of hydrogen-bond acceptors (Lipinski definition) is 2. The summed E-state index contributed by atoms with van der Waals surface area (Å²) in [6.07, 6.45) is 0.847. The van der Waals surface area contributed by atoms with Crippen LogP contribution in [0.1, 0.15) is 41.6 Å². The minimum absolute atomic E-state index is 0.0172. The molecule has 2 rings (SSSR count). The molecule has 0 aromatic heterocycles. The van der Waals surface area contributed by atoms with Crippen LogP contribution < -0.4 is 10.1 Å². The number of carbonyl (C=O) groups is 1. The van der Waals surface area contributed by atoms with Crippen molar-refractivity contribution in [3.8, 4) is 5.75 Å². The smallest absolute Gasteiger partial charge is 0.258 e. The highest BCUT2D eigenvalue weighted by Crippen LogP contribution is 2.22. The maximum atomic E-state index is 12.2. The van der Waals surface area contributed by atoms with Crippen LogP contribution in [0.15, 0.2) is 42.5 Å². The summed E-state index contributed by atoms with van der Waals surface area (Å²) in [4.78, 5) is 12.2. The van der Waals surface area contributed by atoms with Crippen LogP contribution in [0.3, 0.4) is 0 Å². The first kappa shape index (κ1) is 17.1. The van der Waals surface area contributed by atoms with Crippen LogP contribution in [-0.4, -0.2) is 12.5 Å². The van der Waals surface area contributed by atoms with Gasteiger partial charge in [-0.25, -0.2) is 0 Å². The van der Waals surface area contributed by atoms with Gasteiger partial charge in [0.1, 0.15) is 5.75 Å². The molecule has 0 aliphatic rings. The van der Waals surface area contributed by atoms with Gasteiger partial charge in [-0.3, -0.25) is 4.79 Å². The van der Waals surface area contributed by atoms with E-state index in [1.54, 1.807) is 0 Å². The molecule has 3 nitrogen and oxygen atoms in total. The molecule has 0 aliphatic carbocycles. The van der Waals surface area contributed by atoms with E-state index in [0.717, 1.165) is 17.7 Å². The Morgan fingerprint density at radius 1 is 1.09 bits per heavy atom. The first-order valence-corrected chi connectivity index (χ1v) is 8.06. The van der Waals surface area contributed by atoms with Crippen molar-refractivity contribution in [2.45, 2.75) is 40.2 Å². The Bertz CT molecular complexity index is 679. The third kappa shape index (κ3) is 4.59. The Balaban J connectivity index is 1.98. The van der Waals surface area contributed by atoms with Crippen LogP contribution in [0.2, 0.25) is 0 Å². The molecular formula is C20H25NO2. The van der Waals surface area contributed by atoms with Crippen molar-refractivity contribution in [3.63, 3.8) is 0 Å². The molecule has 0 aliphatic heterocycles. The monoisotopic (exact) mass is 311 g/mol. The number of benzene rings is 2. The van der Waals surface area contributed by atoms with Crippen molar-refractivity contribution >= 4 is 5.91 Å². The summed E-state index contributed by atoms with van der Waals surface area (Å²) in [7, 11) is 0. The van der Waals surface area contributed by atoms with Gasteiger partial charge in [-0.2, -0.15) is 0 Å². The van der Waals surface area contributed by atoms with E-state index in [2.05, 4.69) is 44.3 Å². The molecule has 1 N–H and O–H groups in total. The number of amides is 1. The summed E-state index contributed by atoms with van der Waals surface area (Å²) in [6, 6.07) is 14.1. The second-order valence-electron chi connectivity index (χ2n) is 5.94. The standard InChI is InChI=1S/C20H25NO2/c1-5-18(17-11-10-14(2)12-16(17)4)21-20(22)13-23-19-9-7-6-8-15(19)3/h6-12,18H,5,13H2,1-4H3,(H,21,22)/t18-/m0/s1. The van der Waals surface area contributed by atoms with Crippen LogP contribution in [0.4, 0.5) is 0 Å². The molecule has 1 amide bonds. The Hall–Kier alpha value is -2.29. The zero-order valence-corrected chi connectivity index (χ0v) is 14.3. The maximum absolute atomic E-state index is 12.2. The van der Waals surface area contributed by atoms with Crippen LogP contribution in [0.25, 0.3) is 0 Å². The zero-order valence-electron chi connectivity index (χ0n) is 14.3. The van der Waals surface area contributed by atoms with Gasteiger partial charge in [-0.05, 0) is 49.9 Å². The summed E-state index contributed by atoms with van der Waals surface area (Å²) in [6.45, 7) is 8.24. The molecule has 0 heterocycles. The van der Waals surface area contributed by atoms with E-state index in [1.807, 2.05) is 31.2 Å². The molecule has 0 fully saturated rings. The third-order valence-corrected chi connectivity index (χ3v) is 4.00. The van der Waals surface area contributed by atoms with Gasteiger partial charge in [0.15, 0.2) is 6.61 Å². The predicted octanol–water partition coefficient (Wildman–Crippen LogP) is 4.26. The minimum Gasteiger partial charge on any atom is -0.484 e. The Kier molecular flexibility index (Phi) is 5.80. The summed E-state index contributed by atoms with van der Waals surface area (Å²) < 4.78 is 5.62. The van der Waals surface area contributed by atoms with Crippen molar-refractivity contribution in [2.75, 3.05) is 6.61 Å². The van der Waals surface area contributed by atoms with Gasteiger partial charge >= 0.3 is 0 Å². The van der Waals surface area contributed by atoms with Crippen molar-refractivity contribution in [2.24, 2.45) is 0 Å². The highest BCUT2D eigenvalue weighted by atomic mass is 16.5. The molecule has 0 saturated carbocycles. The lowest BCUT2D eigenvalue weighted by molar-refractivity contribution is -0.123. The molecular weight excluding hydrogens is 286 g/mol. The van der Waals surface area contributed by atoms with Gasteiger partial charge in [0.2, 0.25) is 0 Å². The lowest BCUT2D eigenvalue weighted by atomic mass is 9.97. The predicted molar refractivity (Wildman–Crippen MR) is 93.8 cm³/mol. The summed E-state index contributed by atoms with van der Waals surface area (Å²) >= 11 is 0. The lowest BCUT2D eigenvalue weighted by Gasteiger charge is -2.20. The fraction of sp³-hybridized carbons (Fsp3) is 0.350. The van der Waals surface area contributed by atoms with Crippen LogP contribution >= 0.6 is 0 Å². The second-order valence-corrected chi connectivity index (χ2v) is 5.94. The van der Waals surface area contributed by atoms with Crippen molar-refractivity contribution in [3.05, 3.63) is 64.7 Å². The van der Waals surface area contributed by atoms with Crippen molar-refractivity contribution in [1.29, 1.82) is 0 Å². The molecule has 122 valence electrons. The van der Waals surface area contributed by atoms with E-state index in [1.165, 1.54) is 16.7 Å². The van der Waals surface area contributed by atoms with E-state index in [0.29, 0.717) is 0 Å². The average Bonchev–Trinajstić information content (AvgIpc) is 2.52. The Morgan fingerprint density at radius 2 is 1.83 bits per heavy atom. The molecule has 0 spiro atoms. The number of para-hydroxylation sites is 1. The highest BCUT2D eigenvalue weighted by molar-refractivity contribution is 5.78.